The summed E-state index contributed by atoms with van der Waals surface area (Å²) >= 11 is 0. The summed E-state index contributed by atoms with van der Waals surface area (Å²) in [6, 6.07) is 9.12. The lowest BCUT2D eigenvalue weighted by atomic mass is 9.99. The zero-order valence-corrected chi connectivity index (χ0v) is 16.1. The first-order valence-corrected chi connectivity index (χ1v) is 9.18. The van der Waals surface area contributed by atoms with E-state index in [2.05, 4.69) is 0 Å². The van der Waals surface area contributed by atoms with Gasteiger partial charge in [-0.25, -0.2) is 0 Å². The Morgan fingerprint density at radius 2 is 1.53 bits per heavy atom. The van der Waals surface area contributed by atoms with Crippen molar-refractivity contribution in [3.05, 3.63) is 47.5 Å². The molecular formula is C21H24O9. The average Bonchev–Trinajstić information content (AvgIpc) is 2.72. The van der Waals surface area contributed by atoms with Crippen molar-refractivity contribution in [1.29, 1.82) is 0 Å². The Morgan fingerprint density at radius 1 is 0.867 bits per heavy atom. The van der Waals surface area contributed by atoms with Gasteiger partial charge in [-0.05, 0) is 35.4 Å². The highest BCUT2D eigenvalue weighted by Crippen LogP contribution is 2.32. The summed E-state index contributed by atoms with van der Waals surface area (Å²) < 4.78 is 16.3. The summed E-state index contributed by atoms with van der Waals surface area (Å²) in [6.45, 7) is -0.559. The molecule has 0 amide bonds. The molecule has 6 N–H and O–H groups in total. The highest BCUT2D eigenvalue weighted by molar-refractivity contribution is 5.72. The fraction of sp³-hybridized carbons (Fsp3) is 0.333. The average molecular weight is 420 g/mol. The minimum Gasteiger partial charge on any atom is -0.508 e. The van der Waals surface area contributed by atoms with Gasteiger partial charge in [-0.3, -0.25) is 0 Å². The van der Waals surface area contributed by atoms with Crippen molar-refractivity contribution in [2.24, 2.45) is 0 Å². The van der Waals surface area contributed by atoms with Crippen LogP contribution in [-0.2, 0) is 4.74 Å². The normalized spacial score (nSPS) is 26.6. The molecular weight excluding hydrogens is 396 g/mol. The van der Waals surface area contributed by atoms with Gasteiger partial charge >= 0.3 is 0 Å². The van der Waals surface area contributed by atoms with E-state index in [1.54, 1.807) is 30.4 Å². The third kappa shape index (κ3) is 4.84. The zero-order valence-electron chi connectivity index (χ0n) is 16.1. The van der Waals surface area contributed by atoms with Crippen LogP contribution < -0.4 is 9.47 Å². The van der Waals surface area contributed by atoms with Gasteiger partial charge in [0.05, 0.1) is 13.7 Å². The number of hydrogen-bond donors (Lipinski definition) is 6. The summed E-state index contributed by atoms with van der Waals surface area (Å²) in [4.78, 5) is 0. The van der Waals surface area contributed by atoms with Crippen molar-refractivity contribution in [1.82, 2.24) is 0 Å². The highest BCUT2D eigenvalue weighted by Gasteiger charge is 2.44. The van der Waals surface area contributed by atoms with Crippen LogP contribution in [0.25, 0.3) is 12.2 Å². The molecule has 0 saturated carbocycles. The van der Waals surface area contributed by atoms with Crippen LogP contribution in [0.15, 0.2) is 36.4 Å². The van der Waals surface area contributed by atoms with E-state index in [0.717, 1.165) is 5.56 Å². The predicted octanol–water partition coefficient (Wildman–Crippen LogP) is 0.455. The SMILES string of the molecule is COc1cc(C=Cc2cc(O)cc(O)c2)ccc1O[C@@H]1O[C@H](CO)[C@@H](O)[C@H](O)[C@H]1O. The lowest BCUT2D eigenvalue weighted by molar-refractivity contribution is -0.277. The Bertz CT molecular complexity index is 876. The molecule has 1 heterocycles. The molecule has 0 aromatic heterocycles. The van der Waals surface area contributed by atoms with Gasteiger partial charge in [0, 0.05) is 6.07 Å². The molecule has 0 radical (unpaired) electrons. The Kier molecular flexibility index (Phi) is 6.80. The summed E-state index contributed by atoms with van der Waals surface area (Å²) in [6.07, 6.45) is -3.55. The van der Waals surface area contributed by atoms with Crippen LogP contribution in [0.2, 0.25) is 0 Å². The van der Waals surface area contributed by atoms with Crippen LogP contribution in [0.3, 0.4) is 0 Å². The molecule has 9 nitrogen and oxygen atoms in total. The van der Waals surface area contributed by atoms with Crippen molar-refractivity contribution in [2.75, 3.05) is 13.7 Å². The predicted molar refractivity (Wildman–Crippen MR) is 106 cm³/mol. The standard InChI is InChI=1S/C21H24O9/c1-28-16-8-11(2-3-12-6-13(23)9-14(24)7-12)4-5-15(16)29-21-20(27)19(26)18(25)17(10-22)30-21/h2-9,17-27H,10H2,1H3/t17-,18-,19+,20-,21-/m1/s1. The van der Waals surface area contributed by atoms with Gasteiger partial charge in [0.2, 0.25) is 6.29 Å². The van der Waals surface area contributed by atoms with E-state index in [0.29, 0.717) is 11.3 Å². The summed E-state index contributed by atoms with van der Waals surface area (Å²) in [7, 11) is 1.43. The number of aliphatic hydroxyl groups excluding tert-OH is 4. The number of phenols is 2. The maximum absolute atomic E-state index is 10.1. The number of aromatic hydroxyl groups is 2. The van der Waals surface area contributed by atoms with Gasteiger partial charge in [-0.1, -0.05) is 18.2 Å². The Morgan fingerprint density at radius 3 is 2.17 bits per heavy atom. The monoisotopic (exact) mass is 420 g/mol. The number of benzene rings is 2. The molecule has 0 unspecified atom stereocenters. The van der Waals surface area contributed by atoms with E-state index in [9.17, 15) is 30.6 Å². The molecule has 1 aliphatic heterocycles. The third-order valence-electron chi connectivity index (χ3n) is 4.67. The van der Waals surface area contributed by atoms with Gasteiger partial charge in [0.25, 0.3) is 0 Å². The second-order valence-corrected chi connectivity index (χ2v) is 6.84. The molecule has 2 aromatic rings. The first-order chi connectivity index (χ1) is 14.3. The van der Waals surface area contributed by atoms with Gasteiger partial charge in [0.15, 0.2) is 11.5 Å². The number of methoxy groups -OCH3 is 1. The Hall–Kier alpha value is -2.82. The van der Waals surface area contributed by atoms with Gasteiger partial charge in [-0.2, -0.15) is 0 Å². The fourth-order valence-electron chi connectivity index (χ4n) is 3.08. The molecule has 0 aliphatic carbocycles. The van der Waals surface area contributed by atoms with Gasteiger partial charge in [0.1, 0.15) is 35.9 Å². The van der Waals surface area contributed by atoms with Crippen molar-refractivity contribution < 1.29 is 44.8 Å². The summed E-state index contributed by atoms with van der Waals surface area (Å²) in [5, 5.41) is 58.2. The molecule has 0 bridgehead atoms. The third-order valence-corrected chi connectivity index (χ3v) is 4.67. The van der Waals surface area contributed by atoms with Crippen LogP contribution in [0.4, 0.5) is 0 Å². The molecule has 5 atom stereocenters. The zero-order chi connectivity index (χ0) is 21.8. The largest absolute Gasteiger partial charge is 0.508 e. The molecule has 162 valence electrons. The summed E-state index contributed by atoms with van der Waals surface area (Å²) in [5.41, 5.74) is 1.31. The second-order valence-electron chi connectivity index (χ2n) is 6.84. The maximum Gasteiger partial charge on any atom is 0.229 e. The topological polar surface area (TPSA) is 149 Å². The molecule has 1 aliphatic rings. The lowest BCUT2D eigenvalue weighted by Gasteiger charge is -2.39. The molecule has 30 heavy (non-hydrogen) atoms. The van der Waals surface area contributed by atoms with Crippen molar-refractivity contribution in [3.8, 4) is 23.0 Å². The van der Waals surface area contributed by atoms with E-state index in [4.69, 9.17) is 14.2 Å². The van der Waals surface area contributed by atoms with E-state index < -0.39 is 37.3 Å². The molecule has 1 saturated heterocycles. The number of ether oxygens (including phenoxy) is 3. The van der Waals surface area contributed by atoms with Crippen LogP contribution in [0.1, 0.15) is 11.1 Å². The second kappa shape index (κ2) is 9.33. The molecule has 0 spiro atoms. The van der Waals surface area contributed by atoms with Crippen LogP contribution in [0.5, 0.6) is 23.0 Å². The van der Waals surface area contributed by atoms with E-state index >= 15 is 0 Å². The van der Waals surface area contributed by atoms with Gasteiger partial charge < -0.3 is 44.8 Å². The minimum atomic E-state index is -1.55. The number of aliphatic hydroxyl groups is 4. The van der Waals surface area contributed by atoms with Crippen molar-refractivity contribution in [3.63, 3.8) is 0 Å². The first-order valence-electron chi connectivity index (χ1n) is 9.18. The van der Waals surface area contributed by atoms with Crippen LogP contribution in [0, 0.1) is 0 Å². The smallest absolute Gasteiger partial charge is 0.229 e. The summed E-state index contributed by atoms with van der Waals surface area (Å²) in [5.74, 6) is 0.410. The first kappa shape index (κ1) is 21.9. The van der Waals surface area contributed by atoms with E-state index in [1.165, 1.54) is 25.3 Å². The highest BCUT2D eigenvalue weighted by atomic mass is 16.7. The van der Waals surface area contributed by atoms with E-state index in [-0.39, 0.29) is 17.2 Å². The fourth-order valence-corrected chi connectivity index (χ4v) is 3.08. The molecule has 9 heteroatoms. The quantitative estimate of drug-likeness (QED) is 0.366. The van der Waals surface area contributed by atoms with Crippen molar-refractivity contribution in [2.45, 2.75) is 30.7 Å². The van der Waals surface area contributed by atoms with Crippen LogP contribution >= 0.6 is 0 Å². The number of rotatable bonds is 6. The molecule has 3 rings (SSSR count). The van der Waals surface area contributed by atoms with Gasteiger partial charge in [-0.15, -0.1) is 0 Å². The molecule has 2 aromatic carbocycles. The minimum absolute atomic E-state index is 0.0597. The molecule has 1 fully saturated rings. The number of hydrogen-bond acceptors (Lipinski definition) is 9. The van der Waals surface area contributed by atoms with Crippen LogP contribution in [-0.4, -0.2) is 75.1 Å². The van der Waals surface area contributed by atoms with Crippen molar-refractivity contribution >= 4 is 12.2 Å². The Balaban J connectivity index is 1.78. The lowest BCUT2D eigenvalue weighted by Crippen LogP contribution is -2.60. The Labute approximate surface area is 172 Å². The number of phenolic OH excluding ortho intramolecular Hbond substituents is 2. The van der Waals surface area contributed by atoms with E-state index in [1.807, 2.05) is 0 Å². The maximum atomic E-state index is 10.1.